The van der Waals surface area contributed by atoms with Crippen LogP contribution in [0.1, 0.15) is 46.0 Å². The van der Waals surface area contributed by atoms with Crippen molar-refractivity contribution in [3.63, 3.8) is 0 Å². The molecule has 116 valence electrons. The van der Waals surface area contributed by atoms with Crippen molar-refractivity contribution in [1.82, 2.24) is 9.55 Å². The molecule has 0 spiro atoms. The fraction of sp³-hybridized carbons (Fsp3) is 0.562. The summed E-state index contributed by atoms with van der Waals surface area (Å²) in [5, 5.41) is 0. The van der Waals surface area contributed by atoms with Crippen molar-refractivity contribution in [2.45, 2.75) is 52.5 Å². The standard InChI is InChI=1S/C16H22FIN2S/c1-11(2)7-5-3-4-6-8-20-15-9-12(17)13(18)10-14(15)19-16(20)21/h9-11H,3-8H2,1-2H3,(H,19,21). The summed E-state index contributed by atoms with van der Waals surface area (Å²) in [6.45, 7) is 5.39. The third-order valence-corrected chi connectivity index (χ3v) is 4.88. The number of benzene rings is 1. The van der Waals surface area contributed by atoms with Crippen LogP contribution < -0.4 is 0 Å². The molecule has 1 aromatic heterocycles. The lowest BCUT2D eigenvalue weighted by atomic mass is 10.0. The van der Waals surface area contributed by atoms with Gasteiger partial charge in [0, 0.05) is 12.6 Å². The highest BCUT2D eigenvalue weighted by Crippen LogP contribution is 2.21. The van der Waals surface area contributed by atoms with Gasteiger partial charge in [-0.3, -0.25) is 0 Å². The van der Waals surface area contributed by atoms with Crippen LogP contribution in [0.15, 0.2) is 12.1 Å². The van der Waals surface area contributed by atoms with Gasteiger partial charge >= 0.3 is 0 Å². The maximum absolute atomic E-state index is 13.7. The first-order valence-corrected chi connectivity index (χ1v) is 9.05. The minimum atomic E-state index is -0.178. The van der Waals surface area contributed by atoms with Crippen molar-refractivity contribution in [3.05, 3.63) is 26.3 Å². The lowest BCUT2D eigenvalue weighted by Crippen LogP contribution is -1.99. The second-order valence-corrected chi connectivity index (χ2v) is 7.51. The second-order valence-electron chi connectivity index (χ2n) is 5.96. The Labute approximate surface area is 144 Å². The Bertz CT molecular complexity index is 660. The number of hydrogen-bond acceptors (Lipinski definition) is 1. The van der Waals surface area contributed by atoms with Gasteiger partial charge in [-0.05, 0) is 53.2 Å². The summed E-state index contributed by atoms with van der Waals surface area (Å²) >= 11 is 7.36. The van der Waals surface area contributed by atoms with E-state index in [1.54, 1.807) is 6.07 Å². The molecule has 0 aliphatic rings. The van der Waals surface area contributed by atoms with Crippen molar-refractivity contribution in [3.8, 4) is 0 Å². The molecule has 2 rings (SSSR count). The van der Waals surface area contributed by atoms with Crippen molar-refractivity contribution in [1.29, 1.82) is 0 Å². The van der Waals surface area contributed by atoms with Gasteiger partial charge in [-0.25, -0.2) is 4.39 Å². The number of aromatic nitrogens is 2. The Morgan fingerprint density at radius 1 is 1.24 bits per heavy atom. The quantitative estimate of drug-likeness (QED) is 0.329. The molecule has 0 radical (unpaired) electrons. The molecule has 0 amide bonds. The molecule has 0 unspecified atom stereocenters. The van der Waals surface area contributed by atoms with Gasteiger partial charge in [-0.15, -0.1) is 0 Å². The predicted octanol–water partition coefficient (Wildman–Crippen LogP) is 6.05. The average molecular weight is 420 g/mol. The Morgan fingerprint density at radius 3 is 2.67 bits per heavy atom. The number of halogens is 2. The number of aromatic amines is 1. The topological polar surface area (TPSA) is 20.7 Å². The molecule has 1 aromatic carbocycles. The van der Waals surface area contributed by atoms with Crippen molar-refractivity contribution < 1.29 is 4.39 Å². The van der Waals surface area contributed by atoms with Crippen LogP contribution in [0.3, 0.4) is 0 Å². The van der Waals surface area contributed by atoms with Crippen LogP contribution in [0.4, 0.5) is 4.39 Å². The first kappa shape index (κ1) is 16.9. The Kier molecular flexibility index (Phi) is 6.22. The van der Waals surface area contributed by atoms with E-state index in [9.17, 15) is 4.39 Å². The fourth-order valence-corrected chi connectivity index (χ4v) is 3.32. The maximum atomic E-state index is 13.7. The fourth-order valence-electron chi connectivity index (χ4n) is 2.55. The highest BCUT2D eigenvalue weighted by molar-refractivity contribution is 14.1. The summed E-state index contributed by atoms with van der Waals surface area (Å²) in [6.07, 6.45) is 6.15. The number of aryl methyl sites for hydroxylation is 1. The zero-order chi connectivity index (χ0) is 15.4. The molecule has 0 bridgehead atoms. The lowest BCUT2D eigenvalue weighted by molar-refractivity contribution is 0.507. The normalized spacial score (nSPS) is 11.7. The van der Waals surface area contributed by atoms with Crippen molar-refractivity contribution in [2.75, 3.05) is 0 Å². The number of H-pyrrole nitrogens is 1. The van der Waals surface area contributed by atoms with E-state index in [4.69, 9.17) is 12.2 Å². The van der Waals surface area contributed by atoms with Gasteiger partial charge < -0.3 is 9.55 Å². The third-order valence-electron chi connectivity index (χ3n) is 3.73. The lowest BCUT2D eigenvalue weighted by Gasteiger charge is -2.06. The Balaban J connectivity index is 1.97. The highest BCUT2D eigenvalue weighted by atomic mass is 127. The van der Waals surface area contributed by atoms with Crippen LogP contribution in [0.25, 0.3) is 11.0 Å². The van der Waals surface area contributed by atoms with E-state index in [1.807, 2.05) is 33.2 Å². The second kappa shape index (κ2) is 7.72. The molecular formula is C16H22FIN2S. The largest absolute Gasteiger partial charge is 0.331 e. The van der Waals surface area contributed by atoms with Crippen LogP contribution >= 0.6 is 34.8 Å². The van der Waals surface area contributed by atoms with Crippen LogP contribution in [0.5, 0.6) is 0 Å². The average Bonchev–Trinajstić information content (AvgIpc) is 2.70. The van der Waals surface area contributed by atoms with E-state index in [2.05, 4.69) is 18.8 Å². The molecule has 2 nitrogen and oxygen atoms in total. The number of nitrogens with zero attached hydrogens (tertiary/aromatic N) is 1. The van der Waals surface area contributed by atoms with E-state index in [0.717, 1.165) is 29.9 Å². The number of hydrogen-bond donors (Lipinski definition) is 1. The summed E-state index contributed by atoms with van der Waals surface area (Å²) in [7, 11) is 0. The third kappa shape index (κ3) is 4.52. The molecule has 0 saturated heterocycles. The van der Waals surface area contributed by atoms with E-state index in [-0.39, 0.29) is 5.82 Å². The van der Waals surface area contributed by atoms with E-state index in [1.165, 1.54) is 25.7 Å². The molecule has 0 fully saturated rings. The smallest absolute Gasteiger partial charge is 0.178 e. The zero-order valence-corrected chi connectivity index (χ0v) is 15.6. The molecule has 0 aliphatic carbocycles. The summed E-state index contributed by atoms with van der Waals surface area (Å²) < 4.78 is 17.1. The summed E-state index contributed by atoms with van der Waals surface area (Å²) in [6, 6.07) is 3.41. The van der Waals surface area contributed by atoms with Gasteiger partial charge in [-0.1, -0.05) is 39.5 Å². The molecular weight excluding hydrogens is 398 g/mol. The SMILES string of the molecule is CC(C)CCCCCCn1c(=S)[nH]c2cc(I)c(F)cc21. The number of rotatable bonds is 7. The van der Waals surface area contributed by atoms with Gasteiger partial charge in [0.05, 0.1) is 14.6 Å². The van der Waals surface area contributed by atoms with Crippen molar-refractivity contribution >= 4 is 45.8 Å². The van der Waals surface area contributed by atoms with Crippen LogP contribution in [-0.2, 0) is 6.54 Å². The summed E-state index contributed by atoms with van der Waals surface area (Å²) in [5.41, 5.74) is 1.80. The number of imidazole rings is 1. The molecule has 0 aliphatic heterocycles. The number of fused-ring (bicyclic) bond motifs is 1. The number of unbranched alkanes of at least 4 members (excludes halogenated alkanes) is 3. The molecule has 1 heterocycles. The van der Waals surface area contributed by atoms with E-state index >= 15 is 0 Å². The molecule has 2 aromatic rings. The van der Waals surface area contributed by atoms with E-state index < -0.39 is 0 Å². The Hall–Kier alpha value is -0.430. The molecule has 0 atom stereocenters. The minimum absolute atomic E-state index is 0.178. The van der Waals surface area contributed by atoms with Gasteiger partial charge in [0.25, 0.3) is 0 Å². The molecule has 0 saturated carbocycles. The maximum Gasteiger partial charge on any atom is 0.178 e. The van der Waals surface area contributed by atoms with Gasteiger partial charge in [0.2, 0.25) is 0 Å². The summed E-state index contributed by atoms with van der Waals surface area (Å²) in [5.74, 6) is 0.612. The number of nitrogens with one attached hydrogen (secondary N) is 1. The first-order chi connectivity index (χ1) is 9.99. The zero-order valence-electron chi connectivity index (χ0n) is 12.6. The minimum Gasteiger partial charge on any atom is -0.331 e. The molecule has 1 N–H and O–H groups in total. The summed E-state index contributed by atoms with van der Waals surface area (Å²) in [4.78, 5) is 3.17. The molecule has 5 heteroatoms. The van der Waals surface area contributed by atoms with Gasteiger partial charge in [-0.2, -0.15) is 0 Å². The highest BCUT2D eigenvalue weighted by Gasteiger charge is 2.08. The van der Waals surface area contributed by atoms with Crippen molar-refractivity contribution in [2.24, 2.45) is 5.92 Å². The van der Waals surface area contributed by atoms with Gasteiger partial charge in [0.1, 0.15) is 5.82 Å². The monoisotopic (exact) mass is 420 g/mol. The Morgan fingerprint density at radius 2 is 1.95 bits per heavy atom. The predicted molar refractivity (Wildman–Crippen MR) is 97.7 cm³/mol. The van der Waals surface area contributed by atoms with E-state index in [0.29, 0.717) is 8.34 Å². The van der Waals surface area contributed by atoms with Gasteiger partial charge in [0.15, 0.2) is 4.77 Å². The van der Waals surface area contributed by atoms with Crippen LogP contribution in [-0.4, -0.2) is 9.55 Å². The molecule has 21 heavy (non-hydrogen) atoms. The first-order valence-electron chi connectivity index (χ1n) is 7.56. The van der Waals surface area contributed by atoms with Crippen LogP contribution in [0.2, 0.25) is 0 Å². The van der Waals surface area contributed by atoms with Crippen LogP contribution in [0, 0.1) is 20.1 Å².